The maximum atomic E-state index is 12.3. The monoisotopic (exact) mass is 774 g/mol. The third-order valence-corrected chi connectivity index (χ3v) is 7.27. The largest absolute Gasteiger partial charge is 0.607 e. The minimum absolute atomic E-state index is 0. The number of nitrogens with one attached hydrogen (secondary N) is 1. The fraction of sp³-hybridized carbons (Fsp3) is 0.345. The van der Waals surface area contributed by atoms with E-state index in [1.54, 1.807) is 36.7 Å². The first-order chi connectivity index (χ1) is 18.3. The molecule has 206 valence electrons. The van der Waals surface area contributed by atoms with Crippen molar-refractivity contribution in [1.29, 1.82) is 5.26 Å². The summed E-state index contributed by atoms with van der Waals surface area (Å²) in [7, 11) is 7.84. The number of nitriles is 1. The second-order valence-electron chi connectivity index (χ2n) is 9.00. The van der Waals surface area contributed by atoms with Gasteiger partial charge in [0.2, 0.25) is 0 Å². The van der Waals surface area contributed by atoms with E-state index < -0.39 is 11.2 Å². The van der Waals surface area contributed by atoms with Gasteiger partial charge in [0.15, 0.2) is 5.60 Å². The van der Waals surface area contributed by atoms with Crippen LogP contribution in [-0.4, -0.2) is 49.9 Å². The molecule has 3 unspecified atom stereocenters. The third-order valence-electron chi connectivity index (χ3n) is 6.91. The van der Waals surface area contributed by atoms with Crippen LogP contribution in [0.5, 0.6) is 17.2 Å². The van der Waals surface area contributed by atoms with Crippen molar-refractivity contribution in [2.45, 2.75) is 30.0 Å². The zero-order valence-electron chi connectivity index (χ0n) is 22.8. The minimum atomic E-state index is -1.30. The van der Waals surface area contributed by atoms with Gasteiger partial charge in [-0.25, -0.2) is 12.1 Å². The summed E-state index contributed by atoms with van der Waals surface area (Å²) in [5, 5.41) is 35.1. The minimum Gasteiger partial charge on any atom is -0.607 e. The number of methoxy groups -OCH3 is 2. The summed E-state index contributed by atoms with van der Waals surface area (Å²) in [5.41, 5.74) is 0.796. The van der Waals surface area contributed by atoms with Crippen LogP contribution in [0.15, 0.2) is 66.7 Å². The van der Waals surface area contributed by atoms with Crippen molar-refractivity contribution in [3.8, 4) is 23.3 Å². The van der Waals surface area contributed by atoms with Crippen LogP contribution in [0.4, 0.5) is 0 Å². The molecule has 0 saturated heterocycles. The van der Waals surface area contributed by atoms with Gasteiger partial charge in [-0.3, -0.25) is 4.31 Å². The van der Waals surface area contributed by atoms with Crippen LogP contribution in [0.3, 0.4) is 0 Å². The van der Waals surface area contributed by atoms with Gasteiger partial charge < -0.3 is 29.6 Å². The van der Waals surface area contributed by atoms with Gasteiger partial charge in [-0.05, 0) is 50.2 Å². The zero-order chi connectivity index (χ0) is 27.9. The standard InChI is InChI=1S/C26H23NO4.C2H7N2S.CH4O.U/c1-29-20-14-22(30-2)24-23(15-20)31-26(19-10-8-17(16-27)9-11-19)21(12-13-25(24,26)28)18-6-4-3-5-7-18;1-4(2)5-3;1-2;/h3-11,14-15,21,28H,12-13H2,1-2H3;3H,1-2H3;2H,1H3;/q;-1;;. The molecule has 0 amide bonds. The average molecular weight is 775 g/mol. The molecule has 3 N–H and O–H groups in total. The number of ether oxygens (including phenoxy) is 3. The van der Waals surface area contributed by atoms with E-state index in [9.17, 15) is 10.4 Å². The number of aliphatic hydroxyl groups is 2. The Balaban J connectivity index is 0.000000603. The van der Waals surface area contributed by atoms with E-state index in [1.807, 2.05) is 50.5 Å². The van der Waals surface area contributed by atoms with E-state index in [1.165, 1.54) is 0 Å². The molecule has 3 aromatic carbocycles. The molecule has 3 atom stereocenters. The van der Waals surface area contributed by atoms with E-state index in [0.717, 1.165) is 36.8 Å². The number of rotatable bonds is 5. The topological polar surface area (TPSA) is 119 Å². The average Bonchev–Trinajstić information content (AvgIpc) is 3.41. The Kier molecular flexibility index (Phi) is 12.2. The Labute approximate surface area is 258 Å². The predicted octanol–water partition coefficient (Wildman–Crippen LogP) is 5.40. The Morgan fingerprint density at radius 3 is 2.18 bits per heavy atom. The Hall–Kier alpha value is -2.21. The van der Waals surface area contributed by atoms with Crippen molar-refractivity contribution in [2.75, 3.05) is 35.4 Å². The Morgan fingerprint density at radius 1 is 1.05 bits per heavy atom. The Bertz CT molecular complexity index is 1260. The fourth-order valence-corrected chi connectivity index (χ4v) is 5.38. The molecule has 0 bridgehead atoms. The first kappa shape index (κ1) is 33.0. The molecule has 39 heavy (non-hydrogen) atoms. The van der Waals surface area contributed by atoms with Crippen molar-refractivity contribution in [3.63, 3.8) is 0 Å². The van der Waals surface area contributed by atoms with Crippen LogP contribution in [-0.2, 0) is 11.2 Å². The third kappa shape index (κ3) is 6.11. The van der Waals surface area contributed by atoms with Crippen LogP contribution in [0, 0.1) is 42.4 Å². The second-order valence-corrected chi connectivity index (χ2v) is 9.91. The summed E-state index contributed by atoms with van der Waals surface area (Å²) in [5.74, 6) is 1.62. The van der Waals surface area contributed by atoms with E-state index in [2.05, 4.69) is 18.2 Å². The van der Waals surface area contributed by atoms with Crippen LogP contribution >= 0.6 is 12.1 Å². The van der Waals surface area contributed by atoms with Crippen molar-refractivity contribution < 1.29 is 55.5 Å². The van der Waals surface area contributed by atoms with Gasteiger partial charge in [-0.15, -0.1) is 0 Å². The summed E-state index contributed by atoms with van der Waals surface area (Å²) in [6.07, 6.45) is 1.26. The van der Waals surface area contributed by atoms with Crippen LogP contribution in [0.25, 0.3) is 5.14 Å². The quantitative estimate of drug-likeness (QED) is 0.331. The molecule has 0 radical (unpaired) electrons. The molecular weight excluding hydrogens is 740 g/mol. The van der Waals surface area contributed by atoms with Crippen molar-refractivity contribution in [2.24, 2.45) is 0 Å². The number of nitrogens with zero attached hydrogens (tertiary/aromatic N) is 2. The molecular formula is C29H34N3O5SU-. The predicted molar refractivity (Wildman–Crippen MR) is 149 cm³/mol. The summed E-state index contributed by atoms with van der Waals surface area (Å²) < 4.78 is 19.6. The molecule has 0 spiro atoms. The number of benzene rings is 3. The molecule has 2 aliphatic rings. The summed E-state index contributed by atoms with van der Waals surface area (Å²) in [6.45, 7) is 0. The first-order valence-electron chi connectivity index (χ1n) is 12.0. The molecule has 3 aromatic rings. The molecule has 10 heteroatoms. The van der Waals surface area contributed by atoms with E-state index in [0.29, 0.717) is 34.8 Å². The van der Waals surface area contributed by atoms with E-state index >= 15 is 0 Å². The number of fused-ring (bicyclic) bond motifs is 3. The molecule has 5 rings (SSSR count). The second kappa shape index (κ2) is 14.4. The van der Waals surface area contributed by atoms with Crippen molar-refractivity contribution in [1.82, 2.24) is 4.31 Å². The number of hydrogen-bond donors (Lipinski definition) is 2. The molecule has 1 heterocycles. The van der Waals surface area contributed by atoms with Gasteiger partial charge in [0.05, 0.1) is 31.4 Å². The summed E-state index contributed by atoms with van der Waals surface area (Å²) >= 11 is 0.963. The van der Waals surface area contributed by atoms with Crippen molar-refractivity contribution >= 4 is 12.1 Å². The first-order valence-corrected chi connectivity index (χ1v) is 12.8. The number of aliphatic hydroxyl groups excluding tert-OH is 1. The van der Waals surface area contributed by atoms with Crippen LogP contribution < -0.4 is 14.2 Å². The summed E-state index contributed by atoms with van der Waals surface area (Å²) in [6, 6.07) is 23.2. The van der Waals surface area contributed by atoms with Gasteiger partial charge in [0.25, 0.3) is 0 Å². The molecule has 1 aliphatic heterocycles. The Morgan fingerprint density at radius 2 is 1.67 bits per heavy atom. The molecule has 1 fully saturated rings. The van der Waals surface area contributed by atoms with E-state index in [4.69, 9.17) is 24.5 Å². The summed E-state index contributed by atoms with van der Waals surface area (Å²) in [4.78, 5) is 0. The maximum absolute atomic E-state index is 12.3. The smallest absolute Gasteiger partial charge is 0.174 e. The van der Waals surface area contributed by atoms with Gasteiger partial charge in [0, 0.05) is 56.3 Å². The van der Waals surface area contributed by atoms with Gasteiger partial charge in [0.1, 0.15) is 22.8 Å². The maximum Gasteiger partial charge on any atom is 0.174 e. The molecule has 1 saturated carbocycles. The molecule has 8 nitrogen and oxygen atoms in total. The van der Waals surface area contributed by atoms with Gasteiger partial charge in [-0.1, -0.05) is 42.5 Å². The van der Waals surface area contributed by atoms with E-state index in [-0.39, 0.29) is 37.0 Å². The fourth-order valence-electron chi connectivity index (χ4n) is 5.38. The van der Waals surface area contributed by atoms with Gasteiger partial charge in [-0.2, -0.15) is 5.26 Å². The molecule has 1 aliphatic carbocycles. The van der Waals surface area contributed by atoms with Crippen LogP contribution in [0.1, 0.15) is 41.0 Å². The zero-order valence-corrected chi connectivity index (χ0v) is 27.7. The van der Waals surface area contributed by atoms with Crippen molar-refractivity contribution in [3.05, 3.63) is 94.1 Å². The SMILES string of the molecule is CN(C)S[NH-].CO.COc1cc(OC)c2c(c1)OC1(c3ccc(C#N)cc3)C(c3ccccc3)CCC21O.[U]. The number of hydrogen-bond acceptors (Lipinski definition) is 8. The normalized spacial score (nSPS) is 21.9. The molecule has 0 aromatic heterocycles. The van der Waals surface area contributed by atoms with Gasteiger partial charge >= 0.3 is 0 Å². The van der Waals surface area contributed by atoms with Crippen LogP contribution in [0.2, 0.25) is 0 Å².